The second kappa shape index (κ2) is 7.92. The summed E-state index contributed by atoms with van der Waals surface area (Å²) < 4.78 is 11.2. The Hall–Kier alpha value is -3.67. The molecule has 0 aliphatic heterocycles. The number of carbonyl (C=O) groups is 1. The van der Waals surface area contributed by atoms with Gasteiger partial charge in [-0.05, 0) is 54.4 Å². The van der Waals surface area contributed by atoms with Gasteiger partial charge in [0.25, 0.3) is 5.91 Å². The van der Waals surface area contributed by atoms with Gasteiger partial charge in [-0.3, -0.25) is 4.79 Å². The highest BCUT2D eigenvalue weighted by Gasteiger charge is 2.09. The monoisotopic (exact) mass is 373 g/mol. The van der Waals surface area contributed by atoms with E-state index in [2.05, 4.69) is 15.3 Å². The zero-order chi connectivity index (χ0) is 19.3. The Balaban J connectivity index is 1.32. The SMILES string of the molecule is Cc1cccc(OCC(=O)NCc2ccc(-c3nc4ncccc4o3)cc2)c1. The third-order valence-corrected chi connectivity index (χ3v) is 4.21. The number of aryl methyl sites for hydroxylation is 1. The molecular weight excluding hydrogens is 354 g/mol. The highest BCUT2D eigenvalue weighted by molar-refractivity contribution is 5.77. The van der Waals surface area contributed by atoms with Crippen LogP contribution in [0.1, 0.15) is 11.1 Å². The molecule has 0 saturated heterocycles. The van der Waals surface area contributed by atoms with E-state index in [1.54, 1.807) is 6.20 Å². The van der Waals surface area contributed by atoms with Crippen LogP contribution < -0.4 is 10.1 Å². The summed E-state index contributed by atoms with van der Waals surface area (Å²) in [5.41, 5.74) is 4.16. The summed E-state index contributed by atoms with van der Waals surface area (Å²) in [5, 5.41) is 2.85. The van der Waals surface area contributed by atoms with Crippen LogP contribution in [0.3, 0.4) is 0 Å². The largest absolute Gasteiger partial charge is 0.484 e. The fraction of sp³-hybridized carbons (Fsp3) is 0.136. The number of hydrogen-bond donors (Lipinski definition) is 1. The molecule has 0 bridgehead atoms. The first-order valence-corrected chi connectivity index (χ1v) is 8.94. The molecule has 1 amide bonds. The summed E-state index contributed by atoms with van der Waals surface area (Å²) in [6.07, 6.45) is 1.68. The number of amides is 1. The number of nitrogens with zero attached hydrogens (tertiary/aromatic N) is 2. The van der Waals surface area contributed by atoms with Crippen LogP contribution in [0, 0.1) is 6.92 Å². The molecule has 140 valence electrons. The molecule has 28 heavy (non-hydrogen) atoms. The van der Waals surface area contributed by atoms with Crippen LogP contribution in [0.5, 0.6) is 5.75 Å². The third-order valence-electron chi connectivity index (χ3n) is 4.21. The molecule has 0 fully saturated rings. The maximum Gasteiger partial charge on any atom is 0.258 e. The van der Waals surface area contributed by atoms with Crippen LogP contribution in [-0.2, 0) is 11.3 Å². The lowest BCUT2D eigenvalue weighted by atomic mass is 10.1. The van der Waals surface area contributed by atoms with Crippen molar-refractivity contribution in [1.29, 1.82) is 0 Å². The Morgan fingerprint density at radius 2 is 1.96 bits per heavy atom. The van der Waals surface area contributed by atoms with E-state index in [0.29, 0.717) is 29.4 Å². The molecule has 2 aromatic carbocycles. The van der Waals surface area contributed by atoms with Crippen LogP contribution in [0.25, 0.3) is 22.7 Å². The van der Waals surface area contributed by atoms with Crippen molar-refractivity contribution in [3.05, 3.63) is 78.0 Å². The number of oxazole rings is 1. The first-order valence-electron chi connectivity index (χ1n) is 8.94. The Labute approximate surface area is 162 Å². The summed E-state index contributed by atoms with van der Waals surface area (Å²) in [5.74, 6) is 1.04. The number of fused-ring (bicyclic) bond motifs is 1. The molecule has 4 rings (SSSR count). The summed E-state index contributed by atoms with van der Waals surface area (Å²) >= 11 is 0. The molecule has 0 aliphatic rings. The fourth-order valence-electron chi connectivity index (χ4n) is 2.76. The molecule has 0 aliphatic carbocycles. The minimum absolute atomic E-state index is 0.0164. The molecule has 0 spiro atoms. The van der Waals surface area contributed by atoms with E-state index < -0.39 is 0 Å². The number of carbonyl (C=O) groups excluding carboxylic acids is 1. The van der Waals surface area contributed by atoms with Crippen molar-refractivity contribution in [2.75, 3.05) is 6.61 Å². The van der Waals surface area contributed by atoms with Gasteiger partial charge in [-0.2, -0.15) is 4.98 Å². The minimum Gasteiger partial charge on any atom is -0.484 e. The predicted octanol–water partition coefficient (Wildman–Crippen LogP) is 3.89. The van der Waals surface area contributed by atoms with Crippen molar-refractivity contribution in [3.63, 3.8) is 0 Å². The molecule has 2 aromatic heterocycles. The maximum atomic E-state index is 12.0. The first-order chi connectivity index (χ1) is 13.7. The molecule has 0 saturated carbocycles. The minimum atomic E-state index is -0.171. The molecule has 6 nitrogen and oxygen atoms in total. The van der Waals surface area contributed by atoms with Gasteiger partial charge in [0, 0.05) is 18.3 Å². The molecule has 1 N–H and O–H groups in total. The van der Waals surface area contributed by atoms with Gasteiger partial charge in [0.2, 0.25) is 5.89 Å². The summed E-state index contributed by atoms with van der Waals surface area (Å²) in [6, 6.07) is 18.9. The Morgan fingerprint density at radius 3 is 2.75 bits per heavy atom. The summed E-state index contributed by atoms with van der Waals surface area (Å²) in [6.45, 7) is 2.39. The zero-order valence-electron chi connectivity index (χ0n) is 15.4. The topological polar surface area (TPSA) is 77.2 Å². The highest BCUT2D eigenvalue weighted by atomic mass is 16.5. The van der Waals surface area contributed by atoms with Gasteiger partial charge in [0.15, 0.2) is 17.8 Å². The average Bonchev–Trinajstić information content (AvgIpc) is 3.15. The van der Waals surface area contributed by atoms with Gasteiger partial charge in [0.1, 0.15) is 5.75 Å². The highest BCUT2D eigenvalue weighted by Crippen LogP contribution is 2.23. The van der Waals surface area contributed by atoms with Crippen molar-refractivity contribution in [3.8, 4) is 17.2 Å². The van der Waals surface area contributed by atoms with E-state index in [1.807, 2.05) is 67.6 Å². The predicted molar refractivity (Wildman–Crippen MR) is 106 cm³/mol. The Kier molecular flexibility index (Phi) is 5.01. The standard InChI is InChI=1S/C22H19N3O3/c1-15-4-2-5-18(12-15)27-14-20(26)24-13-16-7-9-17(10-8-16)22-25-21-19(28-22)6-3-11-23-21/h2-12H,13-14H2,1H3,(H,24,26). The van der Waals surface area contributed by atoms with Crippen LogP contribution in [0.2, 0.25) is 0 Å². The second-order valence-corrected chi connectivity index (χ2v) is 6.42. The lowest BCUT2D eigenvalue weighted by molar-refractivity contribution is -0.123. The van der Waals surface area contributed by atoms with Crippen LogP contribution in [-0.4, -0.2) is 22.5 Å². The van der Waals surface area contributed by atoms with Crippen LogP contribution >= 0.6 is 0 Å². The normalized spacial score (nSPS) is 10.8. The smallest absolute Gasteiger partial charge is 0.258 e. The molecule has 6 heteroatoms. The van der Waals surface area contributed by atoms with E-state index in [0.717, 1.165) is 16.7 Å². The molecule has 4 aromatic rings. The molecule has 2 heterocycles. The zero-order valence-corrected chi connectivity index (χ0v) is 15.4. The summed E-state index contributed by atoms with van der Waals surface area (Å²) in [4.78, 5) is 20.6. The van der Waals surface area contributed by atoms with Crippen molar-refractivity contribution in [2.24, 2.45) is 0 Å². The number of ether oxygens (including phenoxy) is 1. The van der Waals surface area contributed by atoms with E-state index in [9.17, 15) is 4.79 Å². The average molecular weight is 373 g/mol. The van der Waals surface area contributed by atoms with E-state index in [-0.39, 0.29) is 12.5 Å². The van der Waals surface area contributed by atoms with Crippen molar-refractivity contribution >= 4 is 17.1 Å². The molecular formula is C22H19N3O3. The number of benzene rings is 2. The molecule has 0 radical (unpaired) electrons. The van der Waals surface area contributed by atoms with Crippen molar-refractivity contribution in [1.82, 2.24) is 15.3 Å². The van der Waals surface area contributed by atoms with Crippen LogP contribution in [0.4, 0.5) is 0 Å². The van der Waals surface area contributed by atoms with E-state index >= 15 is 0 Å². The van der Waals surface area contributed by atoms with Gasteiger partial charge in [-0.1, -0.05) is 24.3 Å². The molecule has 0 atom stereocenters. The lowest BCUT2D eigenvalue weighted by Crippen LogP contribution is -2.28. The lowest BCUT2D eigenvalue weighted by Gasteiger charge is -2.08. The first kappa shape index (κ1) is 17.7. The van der Waals surface area contributed by atoms with E-state index in [4.69, 9.17) is 9.15 Å². The van der Waals surface area contributed by atoms with Gasteiger partial charge in [-0.15, -0.1) is 0 Å². The number of aromatic nitrogens is 2. The number of pyridine rings is 1. The van der Waals surface area contributed by atoms with Crippen LogP contribution in [0.15, 0.2) is 71.3 Å². The van der Waals surface area contributed by atoms with Gasteiger partial charge in [0.05, 0.1) is 0 Å². The van der Waals surface area contributed by atoms with E-state index in [1.165, 1.54) is 0 Å². The third kappa shape index (κ3) is 4.17. The van der Waals surface area contributed by atoms with Crippen molar-refractivity contribution < 1.29 is 13.9 Å². The quantitative estimate of drug-likeness (QED) is 0.555. The van der Waals surface area contributed by atoms with Gasteiger partial charge < -0.3 is 14.5 Å². The number of rotatable bonds is 6. The van der Waals surface area contributed by atoms with Gasteiger partial charge in [-0.25, -0.2) is 4.98 Å². The second-order valence-electron chi connectivity index (χ2n) is 6.42. The number of nitrogens with one attached hydrogen (secondary N) is 1. The maximum absolute atomic E-state index is 12.0. The number of hydrogen-bond acceptors (Lipinski definition) is 5. The summed E-state index contributed by atoms with van der Waals surface area (Å²) in [7, 11) is 0. The molecule has 0 unspecified atom stereocenters. The Morgan fingerprint density at radius 1 is 1.11 bits per heavy atom. The van der Waals surface area contributed by atoms with Gasteiger partial charge >= 0.3 is 0 Å². The fourth-order valence-corrected chi connectivity index (χ4v) is 2.76. The Bertz CT molecular complexity index is 1070. The van der Waals surface area contributed by atoms with Crippen molar-refractivity contribution in [2.45, 2.75) is 13.5 Å².